The summed E-state index contributed by atoms with van der Waals surface area (Å²) < 4.78 is 0.794. The molecule has 2 rings (SSSR count). The number of carbonyl (C=O) groups is 1. The Morgan fingerprint density at radius 3 is 2.56 bits per heavy atom. The zero-order valence-electron chi connectivity index (χ0n) is 10.1. The van der Waals surface area contributed by atoms with Crippen LogP contribution in [0.25, 0.3) is 0 Å². The van der Waals surface area contributed by atoms with Crippen molar-refractivity contribution in [1.82, 2.24) is 4.90 Å². The highest BCUT2D eigenvalue weighted by atomic mass is 79.9. The molecule has 1 aliphatic rings. The molecule has 1 fully saturated rings. The molecule has 1 aromatic rings. The van der Waals surface area contributed by atoms with Crippen molar-refractivity contribution in [3.05, 3.63) is 33.3 Å². The molecule has 1 saturated heterocycles. The lowest BCUT2D eigenvalue weighted by atomic mass is 9.93. The summed E-state index contributed by atoms with van der Waals surface area (Å²) >= 11 is 9.27. The molecule has 0 aromatic heterocycles. The van der Waals surface area contributed by atoms with E-state index in [1.807, 2.05) is 6.92 Å². The van der Waals surface area contributed by atoms with Crippen LogP contribution in [0.4, 0.5) is 0 Å². The summed E-state index contributed by atoms with van der Waals surface area (Å²) in [5, 5.41) is 10.4. The first-order valence-corrected chi connectivity index (χ1v) is 7.02. The van der Waals surface area contributed by atoms with Gasteiger partial charge >= 0.3 is 0 Å². The first kappa shape index (κ1) is 13.8. The topological polar surface area (TPSA) is 40.5 Å². The van der Waals surface area contributed by atoms with Crippen LogP contribution in [0, 0.1) is 0 Å². The fraction of sp³-hybridized carbons (Fsp3) is 0.462. The molecule has 1 aliphatic heterocycles. The van der Waals surface area contributed by atoms with Gasteiger partial charge in [0, 0.05) is 28.1 Å². The van der Waals surface area contributed by atoms with Gasteiger partial charge in [-0.3, -0.25) is 4.79 Å². The molecule has 0 saturated carbocycles. The summed E-state index contributed by atoms with van der Waals surface area (Å²) in [6.45, 7) is 2.97. The largest absolute Gasteiger partial charge is 0.390 e. The molecular weight excluding hydrogens is 318 g/mol. The van der Waals surface area contributed by atoms with Gasteiger partial charge in [0.2, 0.25) is 0 Å². The van der Waals surface area contributed by atoms with E-state index in [0.29, 0.717) is 36.5 Å². The molecule has 0 atom stereocenters. The third-order valence-corrected chi connectivity index (χ3v) is 3.91. The van der Waals surface area contributed by atoms with Crippen molar-refractivity contribution in [2.24, 2.45) is 0 Å². The van der Waals surface area contributed by atoms with Crippen LogP contribution in [0.2, 0.25) is 5.02 Å². The fourth-order valence-corrected chi connectivity index (χ4v) is 2.91. The maximum atomic E-state index is 12.3. The van der Waals surface area contributed by atoms with E-state index in [2.05, 4.69) is 15.9 Å². The normalized spacial score (nSPS) is 18.8. The molecular formula is C13H15BrClNO2. The SMILES string of the molecule is CC1(O)CCN(C(=O)c2cc(Cl)cc(Br)c2)CC1. The zero-order valence-corrected chi connectivity index (χ0v) is 12.5. The van der Waals surface area contributed by atoms with E-state index < -0.39 is 5.60 Å². The maximum Gasteiger partial charge on any atom is 0.253 e. The van der Waals surface area contributed by atoms with Crippen molar-refractivity contribution in [3.63, 3.8) is 0 Å². The highest BCUT2D eigenvalue weighted by molar-refractivity contribution is 9.10. The molecule has 1 amide bonds. The highest BCUT2D eigenvalue weighted by Crippen LogP contribution is 2.25. The maximum absolute atomic E-state index is 12.3. The number of amides is 1. The van der Waals surface area contributed by atoms with Crippen LogP contribution in [0.3, 0.4) is 0 Å². The lowest BCUT2D eigenvalue weighted by Gasteiger charge is -2.35. The number of aliphatic hydroxyl groups is 1. The lowest BCUT2D eigenvalue weighted by molar-refractivity contribution is -0.00202. The Morgan fingerprint density at radius 2 is 2.00 bits per heavy atom. The van der Waals surface area contributed by atoms with E-state index in [4.69, 9.17) is 11.6 Å². The first-order chi connectivity index (χ1) is 8.37. The molecule has 1 N–H and O–H groups in total. The molecule has 0 bridgehead atoms. The van der Waals surface area contributed by atoms with Gasteiger partial charge in [-0.1, -0.05) is 27.5 Å². The minimum Gasteiger partial charge on any atom is -0.390 e. The molecule has 0 unspecified atom stereocenters. The molecule has 18 heavy (non-hydrogen) atoms. The number of halogens is 2. The minimum absolute atomic E-state index is 0.0336. The molecule has 1 heterocycles. The molecule has 1 aromatic carbocycles. The second-order valence-corrected chi connectivity index (χ2v) is 6.30. The predicted molar refractivity (Wildman–Crippen MR) is 74.9 cm³/mol. The van der Waals surface area contributed by atoms with Gasteiger partial charge in [-0.05, 0) is 38.0 Å². The van der Waals surface area contributed by atoms with Crippen LogP contribution in [-0.2, 0) is 0 Å². The number of piperidine rings is 1. The smallest absolute Gasteiger partial charge is 0.253 e. The van der Waals surface area contributed by atoms with Crippen molar-refractivity contribution in [3.8, 4) is 0 Å². The Bertz CT molecular complexity index is 446. The average Bonchev–Trinajstić information content (AvgIpc) is 2.27. The summed E-state index contributed by atoms with van der Waals surface area (Å²) in [5.74, 6) is -0.0336. The van der Waals surface area contributed by atoms with Crippen LogP contribution in [0.1, 0.15) is 30.1 Å². The van der Waals surface area contributed by atoms with Crippen LogP contribution < -0.4 is 0 Å². The van der Waals surface area contributed by atoms with Crippen molar-refractivity contribution >= 4 is 33.4 Å². The molecule has 5 heteroatoms. The van der Waals surface area contributed by atoms with Gasteiger partial charge in [0.1, 0.15) is 0 Å². The van der Waals surface area contributed by atoms with Crippen LogP contribution in [0.15, 0.2) is 22.7 Å². The number of benzene rings is 1. The highest BCUT2D eigenvalue weighted by Gasteiger charge is 2.30. The van der Waals surface area contributed by atoms with E-state index in [9.17, 15) is 9.90 Å². The standard InChI is InChI=1S/C13H15BrClNO2/c1-13(18)2-4-16(5-3-13)12(17)9-6-10(14)8-11(15)7-9/h6-8,18H,2-5H2,1H3. The van der Waals surface area contributed by atoms with Crippen molar-refractivity contribution in [2.75, 3.05) is 13.1 Å². The number of rotatable bonds is 1. The van der Waals surface area contributed by atoms with Crippen molar-refractivity contribution < 1.29 is 9.90 Å². The van der Waals surface area contributed by atoms with E-state index in [-0.39, 0.29) is 5.91 Å². The van der Waals surface area contributed by atoms with E-state index in [0.717, 1.165) is 4.47 Å². The van der Waals surface area contributed by atoms with E-state index >= 15 is 0 Å². The molecule has 0 radical (unpaired) electrons. The molecule has 0 aliphatic carbocycles. The van der Waals surface area contributed by atoms with Crippen LogP contribution in [0.5, 0.6) is 0 Å². The monoisotopic (exact) mass is 331 g/mol. The van der Waals surface area contributed by atoms with Gasteiger partial charge in [-0.2, -0.15) is 0 Å². The summed E-state index contributed by atoms with van der Waals surface area (Å²) in [5.41, 5.74) is -0.0676. The van der Waals surface area contributed by atoms with Crippen molar-refractivity contribution in [1.29, 1.82) is 0 Å². The second-order valence-electron chi connectivity index (χ2n) is 4.95. The number of hydrogen-bond donors (Lipinski definition) is 1. The third-order valence-electron chi connectivity index (χ3n) is 3.24. The predicted octanol–water partition coefficient (Wildman–Crippen LogP) is 3.09. The molecule has 0 spiro atoms. The fourth-order valence-electron chi connectivity index (χ4n) is 2.05. The number of likely N-dealkylation sites (tertiary alicyclic amines) is 1. The third kappa shape index (κ3) is 3.25. The second kappa shape index (κ2) is 5.19. The van der Waals surface area contributed by atoms with Crippen molar-refractivity contribution in [2.45, 2.75) is 25.4 Å². The molecule has 3 nitrogen and oxygen atoms in total. The quantitative estimate of drug-likeness (QED) is 0.858. The lowest BCUT2D eigenvalue weighted by Crippen LogP contribution is -2.45. The first-order valence-electron chi connectivity index (χ1n) is 5.85. The van der Waals surface area contributed by atoms with Gasteiger partial charge in [0.25, 0.3) is 5.91 Å². The van der Waals surface area contributed by atoms with Gasteiger partial charge < -0.3 is 10.0 Å². The zero-order chi connectivity index (χ0) is 13.3. The average molecular weight is 333 g/mol. The number of carbonyl (C=O) groups excluding carboxylic acids is 1. The van der Waals surface area contributed by atoms with Gasteiger partial charge in [0.05, 0.1) is 5.60 Å². The van der Waals surface area contributed by atoms with Gasteiger partial charge in [-0.15, -0.1) is 0 Å². The summed E-state index contributed by atoms with van der Waals surface area (Å²) in [6, 6.07) is 5.18. The number of hydrogen-bond acceptors (Lipinski definition) is 2. The van der Waals surface area contributed by atoms with E-state index in [1.165, 1.54) is 0 Å². The Kier molecular flexibility index (Phi) is 3.99. The van der Waals surface area contributed by atoms with Gasteiger partial charge in [0.15, 0.2) is 0 Å². The summed E-state index contributed by atoms with van der Waals surface area (Å²) in [4.78, 5) is 14.0. The Hall–Kier alpha value is -0.580. The Morgan fingerprint density at radius 1 is 1.39 bits per heavy atom. The summed E-state index contributed by atoms with van der Waals surface area (Å²) in [7, 11) is 0. The Balaban J connectivity index is 2.12. The summed E-state index contributed by atoms with van der Waals surface area (Å²) in [6.07, 6.45) is 1.22. The van der Waals surface area contributed by atoms with Crippen LogP contribution >= 0.6 is 27.5 Å². The van der Waals surface area contributed by atoms with Gasteiger partial charge in [-0.25, -0.2) is 0 Å². The molecule has 98 valence electrons. The van der Waals surface area contributed by atoms with E-state index in [1.54, 1.807) is 23.1 Å². The van der Waals surface area contributed by atoms with Crippen LogP contribution in [-0.4, -0.2) is 34.6 Å². The minimum atomic E-state index is -0.647. The number of nitrogens with zero attached hydrogens (tertiary/aromatic N) is 1. The Labute approximate surface area is 120 Å².